The maximum Gasteiger partial charge on any atom is 0.119 e. The molecule has 3 N–H and O–H groups in total. The summed E-state index contributed by atoms with van der Waals surface area (Å²) in [4.78, 5) is 2.40. The van der Waals surface area contributed by atoms with Gasteiger partial charge in [-0.25, -0.2) is 0 Å². The summed E-state index contributed by atoms with van der Waals surface area (Å²) in [6.07, 6.45) is 2.52. The van der Waals surface area contributed by atoms with Crippen LogP contribution >= 0.6 is 0 Å². The highest BCUT2D eigenvalue weighted by atomic mass is 16.5. The fourth-order valence-electron chi connectivity index (χ4n) is 3.06. The third-order valence-electron chi connectivity index (χ3n) is 4.58. The summed E-state index contributed by atoms with van der Waals surface area (Å²) in [5, 5.41) is 10.1. The molecule has 0 saturated carbocycles. The summed E-state index contributed by atoms with van der Waals surface area (Å²) in [5.41, 5.74) is 7.06. The van der Waals surface area contributed by atoms with Gasteiger partial charge in [-0.1, -0.05) is 19.1 Å². The van der Waals surface area contributed by atoms with Gasteiger partial charge in [0.1, 0.15) is 5.75 Å². The molecular formula is C17H28N2O2. The van der Waals surface area contributed by atoms with Gasteiger partial charge in [-0.15, -0.1) is 0 Å². The van der Waals surface area contributed by atoms with Crippen molar-refractivity contribution in [2.24, 2.45) is 5.73 Å². The molecule has 1 heterocycles. The minimum absolute atomic E-state index is 0.0835. The normalized spacial score (nSPS) is 21.8. The van der Waals surface area contributed by atoms with Gasteiger partial charge in [-0.2, -0.15) is 0 Å². The Bertz CT molecular complexity index is 452. The van der Waals surface area contributed by atoms with Gasteiger partial charge in [0.05, 0.1) is 12.7 Å². The zero-order valence-electron chi connectivity index (χ0n) is 13.4. The first-order valence-corrected chi connectivity index (χ1v) is 7.83. The van der Waals surface area contributed by atoms with Crippen LogP contribution in [0, 0.1) is 0 Å². The maximum absolute atomic E-state index is 10.1. The molecule has 0 amide bonds. The monoisotopic (exact) mass is 292 g/mol. The zero-order valence-corrected chi connectivity index (χ0v) is 13.4. The summed E-state index contributed by atoms with van der Waals surface area (Å²) in [7, 11) is 1.69. The predicted molar refractivity (Wildman–Crippen MR) is 85.4 cm³/mol. The maximum atomic E-state index is 10.1. The number of nitrogens with zero attached hydrogens (tertiary/aromatic N) is 1. The van der Waals surface area contributed by atoms with Gasteiger partial charge < -0.3 is 15.6 Å². The number of benzene rings is 1. The van der Waals surface area contributed by atoms with Crippen molar-refractivity contribution in [2.45, 2.75) is 50.8 Å². The highest BCUT2D eigenvalue weighted by Crippen LogP contribution is 2.32. The molecular weight excluding hydrogens is 264 g/mol. The number of ether oxygens (including phenoxy) is 1. The van der Waals surface area contributed by atoms with E-state index in [1.54, 1.807) is 7.11 Å². The average molecular weight is 292 g/mol. The molecule has 118 valence electrons. The number of aliphatic hydroxyl groups is 1. The van der Waals surface area contributed by atoms with Crippen LogP contribution < -0.4 is 10.5 Å². The molecule has 21 heavy (non-hydrogen) atoms. The smallest absolute Gasteiger partial charge is 0.119 e. The van der Waals surface area contributed by atoms with Crippen molar-refractivity contribution in [3.05, 3.63) is 29.8 Å². The van der Waals surface area contributed by atoms with Gasteiger partial charge in [-0.3, -0.25) is 4.90 Å². The van der Waals surface area contributed by atoms with E-state index in [-0.39, 0.29) is 12.1 Å². The van der Waals surface area contributed by atoms with Crippen LogP contribution in [-0.2, 0) is 0 Å². The second-order valence-electron chi connectivity index (χ2n) is 6.33. The minimum atomic E-state index is -0.536. The van der Waals surface area contributed by atoms with Crippen molar-refractivity contribution in [1.82, 2.24) is 4.90 Å². The molecule has 2 unspecified atom stereocenters. The second kappa shape index (κ2) is 6.77. The Labute approximate surface area is 127 Å². The van der Waals surface area contributed by atoms with Gasteiger partial charge in [-0.05, 0) is 43.9 Å². The Balaban J connectivity index is 2.22. The van der Waals surface area contributed by atoms with Gasteiger partial charge in [0.15, 0.2) is 0 Å². The lowest BCUT2D eigenvalue weighted by Crippen LogP contribution is -2.48. The first-order valence-electron chi connectivity index (χ1n) is 7.83. The quantitative estimate of drug-likeness (QED) is 0.874. The van der Waals surface area contributed by atoms with E-state index >= 15 is 0 Å². The summed E-state index contributed by atoms with van der Waals surface area (Å²) in [6.45, 7) is 5.80. The molecule has 0 spiro atoms. The fraction of sp³-hybridized carbons (Fsp3) is 0.647. The van der Waals surface area contributed by atoms with E-state index < -0.39 is 5.60 Å². The molecule has 1 aliphatic rings. The third kappa shape index (κ3) is 3.96. The van der Waals surface area contributed by atoms with Gasteiger partial charge >= 0.3 is 0 Å². The third-order valence-corrected chi connectivity index (χ3v) is 4.58. The summed E-state index contributed by atoms with van der Waals surface area (Å²) in [5.74, 6) is 0.866. The summed E-state index contributed by atoms with van der Waals surface area (Å²) < 4.78 is 5.34. The first-order chi connectivity index (χ1) is 9.96. The number of hydrogen-bond donors (Lipinski definition) is 2. The van der Waals surface area contributed by atoms with E-state index in [1.165, 1.54) is 5.56 Å². The van der Waals surface area contributed by atoms with E-state index in [4.69, 9.17) is 10.5 Å². The molecule has 0 radical (unpaired) electrons. The Morgan fingerprint density at radius 3 is 2.62 bits per heavy atom. The standard InChI is InChI=1S/C17H28N2O2/c1-4-15(18)16(13-6-5-7-14(12-13)21-3)19-10-8-17(2,20)9-11-19/h5-7,12,15-16,20H,4,8-11,18H2,1-3H3. The predicted octanol–water partition coefficient (Wildman–Crippen LogP) is 2.32. The molecule has 2 rings (SSSR count). The Morgan fingerprint density at radius 2 is 2.05 bits per heavy atom. The van der Waals surface area contributed by atoms with E-state index in [9.17, 15) is 5.11 Å². The lowest BCUT2D eigenvalue weighted by Gasteiger charge is -2.42. The topological polar surface area (TPSA) is 58.7 Å². The van der Waals surface area contributed by atoms with Crippen LogP contribution in [0.25, 0.3) is 0 Å². The number of piperidine rings is 1. The van der Waals surface area contributed by atoms with Gasteiger partial charge in [0, 0.05) is 25.2 Å². The van der Waals surface area contributed by atoms with Crippen LogP contribution in [0.1, 0.15) is 44.7 Å². The fourth-order valence-corrected chi connectivity index (χ4v) is 3.06. The van der Waals surface area contributed by atoms with E-state index in [1.807, 2.05) is 19.1 Å². The summed E-state index contributed by atoms with van der Waals surface area (Å²) in [6, 6.07) is 8.44. The number of hydrogen-bond acceptors (Lipinski definition) is 4. The van der Waals surface area contributed by atoms with Crippen LogP contribution in [0.5, 0.6) is 5.75 Å². The number of likely N-dealkylation sites (tertiary alicyclic amines) is 1. The van der Waals surface area contributed by atoms with E-state index in [0.29, 0.717) is 0 Å². The van der Waals surface area contributed by atoms with Crippen LogP contribution in [0.3, 0.4) is 0 Å². The molecule has 2 atom stereocenters. The van der Waals surface area contributed by atoms with Crippen molar-refractivity contribution in [3.8, 4) is 5.75 Å². The molecule has 4 heteroatoms. The lowest BCUT2D eigenvalue weighted by atomic mass is 9.89. The number of methoxy groups -OCH3 is 1. The lowest BCUT2D eigenvalue weighted by molar-refractivity contribution is -0.0202. The number of nitrogens with two attached hydrogens (primary N) is 1. The van der Waals surface area contributed by atoms with Crippen LogP contribution in [-0.4, -0.2) is 41.8 Å². The van der Waals surface area contributed by atoms with Crippen molar-refractivity contribution in [2.75, 3.05) is 20.2 Å². The molecule has 4 nitrogen and oxygen atoms in total. The van der Waals surface area contributed by atoms with Crippen LogP contribution in [0.15, 0.2) is 24.3 Å². The Morgan fingerprint density at radius 1 is 1.38 bits per heavy atom. The zero-order chi connectivity index (χ0) is 15.5. The van der Waals surface area contributed by atoms with Crippen molar-refractivity contribution in [3.63, 3.8) is 0 Å². The van der Waals surface area contributed by atoms with Crippen molar-refractivity contribution >= 4 is 0 Å². The Kier molecular flexibility index (Phi) is 5.25. The molecule has 1 saturated heterocycles. The van der Waals surface area contributed by atoms with Gasteiger partial charge in [0.25, 0.3) is 0 Å². The van der Waals surface area contributed by atoms with Crippen molar-refractivity contribution in [1.29, 1.82) is 0 Å². The molecule has 0 bridgehead atoms. The SMILES string of the molecule is CCC(N)C(c1cccc(OC)c1)N1CCC(C)(O)CC1. The molecule has 1 aliphatic heterocycles. The molecule has 0 aromatic heterocycles. The highest BCUT2D eigenvalue weighted by Gasteiger charge is 2.33. The largest absolute Gasteiger partial charge is 0.497 e. The van der Waals surface area contributed by atoms with Crippen LogP contribution in [0.4, 0.5) is 0 Å². The molecule has 1 aromatic rings. The minimum Gasteiger partial charge on any atom is -0.497 e. The molecule has 1 aromatic carbocycles. The Hall–Kier alpha value is -1.10. The molecule has 1 fully saturated rings. The molecule has 0 aliphatic carbocycles. The number of rotatable bonds is 5. The van der Waals surface area contributed by atoms with Crippen molar-refractivity contribution < 1.29 is 9.84 Å². The van der Waals surface area contributed by atoms with E-state index in [0.717, 1.165) is 38.1 Å². The van der Waals surface area contributed by atoms with Gasteiger partial charge in [0.2, 0.25) is 0 Å². The summed E-state index contributed by atoms with van der Waals surface area (Å²) >= 11 is 0. The van der Waals surface area contributed by atoms with Crippen LogP contribution in [0.2, 0.25) is 0 Å². The second-order valence-corrected chi connectivity index (χ2v) is 6.33. The van der Waals surface area contributed by atoms with E-state index in [2.05, 4.69) is 24.0 Å². The first kappa shape index (κ1) is 16.3. The highest BCUT2D eigenvalue weighted by molar-refractivity contribution is 5.31. The average Bonchev–Trinajstić information content (AvgIpc) is 2.49.